The zero-order valence-corrected chi connectivity index (χ0v) is 23.5. The van der Waals surface area contributed by atoms with Crippen LogP contribution in [0.3, 0.4) is 0 Å². The molecule has 5 nitrogen and oxygen atoms in total. The lowest BCUT2D eigenvalue weighted by Gasteiger charge is -2.14. The van der Waals surface area contributed by atoms with Gasteiger partial charge in [-0.3, -0.25) is 0 Å². The first-order chi connectivity index (χ1) is 18.6. The number of carbonyl (C=O) groups is 1. The van der Waals surface area contributed by atoms with E-state index in [4.69, 9.17) is 9.47 Å². The molecule has 0 fully saturated rings. The van der Waals surface area contributed by atoms with E-state index in [1.807, 2.05) is 43.6 Å². The van der Waals surface area contributed by atoms with Crippen molar-refractivity contribution in [2.45, 2.75) is 97.5 Å². The molecule has 1 atom stereocenters. The maximum absolute atomic E-state index is 11.9. The molecular weight excluding hydrogens is 472 g/mol. The SMILES string of the molecule is CCCCCCCCCCCc1ccc(-c2ncc(-c3ccc(OC(C)C(=O)OCCC)cc3)cn2)cc1. The molecule has 0 N–H and O–H groups in total. The predicted molar refractivity (Wildman–Crippen MR) is 155 cm³/mol. The molecular formula is C33H44N2O3. The maximum Gasteiger partial charge on any atom is 0.347 e. The van der Waals surface area contributed by atoms with Crippen molar-refractivity contribution in [2.75, 3.05) is 6.61 Å². The minimum absolute atomic E-state index is 0.351. The van der Waals surface area contributed by atoms with Gasteiger partial charge in [-0.2, -0.15) is 0 Å². The largest absolute Gasteiger partial charge is 0.479 e. The van der Waals surface area contributed by atoms with Gasteiger partial charge in [-0.1, -0.05) is 102 Å². The molecule has 1 aromatic heterocycles. The van der Waals surface area contributed by atoms with E-state index in [-0.39, 0.29) is 5.97 Å². The van der Waals surface area contributed by atoms with E-state index in [2.05, 4.69) is 41.2 Å². The van der Waals surface area contributed by atoms with Crippen LogP contribution < -0.4 is 4.74 Å². The van der Waals surface area contributed by atoms with E-state index in [0.717, 1.165) is 35.4 Å². The standard InChI is InChI=1S/C33H44N2O3/c1-4-6-7-8-9-10-11-12-13-14-27-15-17-29(18-16-27)32-34-24-30(25-35-32)28-19-21-31(22-20-28)38-26(3)33(36)37-23-5-2/h15-22,24-26H,4-14,23H2,1-3H3. The zero-order valence-electron chi connectivity index (χ0n) is 23.5. The van der Waals surface area contributed by atoms with Gasteiger partial charge < -0.3 is 9.47 Å². The third kappa shape index (κ3) is 9.92. The van der Waals surface area contributed by atoms with E-state index in [1.165, 1.54) is 63.4 Å². The van der Waals surface area contributed by atoms with E-state index in [9.17, 15) is 4.79 Å². The Morgan fingerprint density at radius 2 is 1.29 bits per heavy atom. The van der Waals surface area contributed by atoms with Crippen LogP contribution in [0.25, 0.3) is 22.5 Å². The summed E-state index contributed by atoms with van der Waals surface area (Å²) in [6, 6.07) is 16.2. The highest BCUT2D eigenvalue weighted by molar-refractivity contribution is 5.74. The summed E-state index contributed by atoms with van der Waals surface area (Å²) in [5.41, 5.74) is 4.32. The van der Waals surface area contributed by atoms with Gasteiger partial charge >= 0.3 is 5.97 Å². The summed E-state index contributed by atoms with van der Waals surface area (Å²) >= 11 is 0. The summed E-state index contributed by atoms with van der Waals surface area (Å²) in [6.07, 6.45) is 17.2. The first kappa shape index (κ1) is 29.3. The van der Waals surface area contributed by atoms with Crippen molar-refractivity contribution < 1.29 is 14.3 Å². The molecule has 0 saturated carbocycles. The number of aromatic nitrogens is 2. The van der Waals surface area contributed by atoms with Crippen molar-refractivity contribution in [3.05, 3.63) is 66.5 Å². The van der Waals surface area contributed by atoms with Crippen LogP contribution in [0, 0.1) is 0 Å². The number of carbonyl (C=O) groups excluding carboxylic acids is 1. The second-order valence-electron chi connectivity index (χ2n) is 10.0. The molecule has 38 heavy (non-hydrogen) atoms. The normalized spacial score (nSPS) is 11.8. The Labute approximate surface area is 229 Å². The number of aryl methyl sites for hydroxylation is 1. The first-order valence-corrected chi connectivity index (χ1v) is 14.5. The Bertz CT molecular complexity index is 1060. The molecule has 3 aromatic rings. The van der Waals surface area contributed by atoms with Crippen molar-refractivity contribution in [3.63, 3.8) is 0 Å². The number of nitrogens with zero attached hydrogens (tertiary/aromatic N) is 2. The fraction of sp³-hybridized carbons (Fsp3) is 0.485. The third-order valence-corrected chi connectivity index (χ3v) is 6.71. The fourth-order valence-electron chi connectivity index (χ4n) is 4.38. The molecule has 1 heterocycles. The van der Waals surface area contributed by atoms with Crippen LogP contribution in [0.4, 0.5) is 0 Å². The van der Waals surface area contributed by atoms with Gasteiger partial charge in [0.1, 0.15) is 5.75 Å². The van der Waals surface area contributed by atoms with Crippen LogP contribution >= 0.6 is 0 Å². The van der Waals surface area contributed by atoms with Crippen LogP contribution in [0.5, 0.6) is 5.75 Å². The maximum atomic E-state index is 11.9. The van der Waals surface area contributed by atoms with Gasteiger partial charge in [0.05, 0.1) is 6.61 Å². The highest BCUT2D eigenvalue weighted by Crippen LogP contribution is 2.24. The lowest BCUT2D eigenvalue weighted by Crippen LogP contribution is -2.26. The highest BCUT2D eigenvalue weighted by atomic mass is 16.6. The van der Waals surface area contributed by atoms with E-state index in [0.29, 0.717) is 12.4 Å². The molecule has 0 aliphatic heterocycles. The number of ether oxygens (including phenoxy) is 2. The molecule has 0 amide bonds. The van der Waals surface area contributed by atoms with Crippen molar-refractivity contribution in [1.29, 1.82) is 0 Å². The Balaban J connectivity index is 1.44. The van der Waals surface area contributed by atoms with Gasteiger partial charge in [0.2, 0.25) is 0 Å². The first-order valence-electron chi connectivity index (χ1n) is 14.5. The quantitative estimate of drug-likeness (QED) is 0.133. The number of hydrogen-bond acceptors (Lipinski definition) is 5. The molecule has 2 aromatic carbocycles. The van der Waals surface area contributed by atoms with Crippen molar-refractivity contribution in [2.24, 2.45) is 0 Å². The molecule has 0 bridgehead atoms. The van der Waals surface area contributed by atoms with Gasteiger partial charge in [0.15, 0.2) is 11.9 Å². The molecule has 0 aliphatic carbocycles. The highest BCUT2D eigenvalue weighted by Gasteiger charge is 2.16. The van der Waals surface area contributed by atoms with Crippen molar-refractivity contribution in [3.8, 4) is 28.3 Å². The summed E-state index contributed by atoms with van der Waals surface area (Å²) in [7, 11) is 0. The Morgan fingerprint density at radius 3 is 1.89 bits per heavy atom. The number of hydrogen-bond donors (Lipinski definition) is 0. The number of unbranched alkanes of at least 4 members (excludes halogenated alkanes) is 8. The smallest absolute Gasteiger partial charge is 0.347 e. The molecule has 0 saturated heterocycles. The molecule has 204 valence electrons. The second kappa shape index (κ2) is 16.6. The average Bonchev–Trinajstić information content (AvgIpc) is 2.96. The summed E-state index contributed by atoms with van der Waals surface area (Å²) < 4.78 is 10.8. The van der Waals surface area contributed by atoms with Gasteiger partial charge in [0, 0.05) is 23.5 Å². The van der Waals surface area contributed by atoms with Crippen LogP contribution in [-0.2, 0) is 16.0 Å². The molecule has 0 radical (unpaired) electrons. The Kier molecular flexibility index (Phi) is 12.8. The number of rotatable bonds is 17. The monoisotopic (exact) mass is 516 g/mol. The third-order valence-electron chi connectivity index (χ3n) is 6.71. The number of benzene rings is 2. The van der Waals surface area contributed by atoms with Gasteiger partial charge in [0.25, 0.3) is 0 Å². The molecule has 0 spiro atoms. The summed E-state index contributed by atoms with van der Waals surface area (Å²) in [4.78, 5) is 21.1. The van der Waals surface area contributed by atoms with E-state index < -0.39 is 6.10 Å². The second-order valence-corrected chi connectivity index (χ2v) is 10.0. The summed E-state index contributed by atoms with van der Waals surface area (Å²) in [5.74, 6) is 0.994. The van der Waals surface area contributed by atoms with Crippen LogP contribution in [0.1, 0.15) is 90.5 Å². The molecule has 3 rings (SSSR count). The van der Waals surface area contributed by atoms with E-state index in [1.54, 1.807) is 6.92 Å². The van der Waals surface area contributed by atoms with Crippen LogP contribution in [0.15, 0.2) is 60.9 Å². The van der Waals surface area contributed by atoms with Gasteiger partial charge in [-0.15, -0.1) is 0 Å². The summed E-state index contributed by atoms with van der Waals surface area (Å²) in [6.45, 7) is 6.34. The predicted octanol–water partition coefficient (Wildman–Crippen LogP) is 8.60. The zero-order chi connectivity index (χ0) is 27.0. The molecule has 5 heteroatoms. The van der Waals surface area contributed by atoms with Gasteiger partial charge in [-0.25, -0.2) is 14.8 Å². The lowest BCUT2D eigenvalue weighted by atomic mass is 10.0. The average molecular weight is 517 g/mol. The van der Waals surface area contributed by atoms with Crippen LogP contribution in [0.2, 0.25) is 0 Å². The molecule has 1 unspecified atom stereocenters. The van der Waals surface area contributed by atoms with Crippen LogP contribution in [-0.4, -0.2) is 28.6 Å². The lowest BCUT2D eigenvalue weighted by molar-refractivity contribution is -0.151. The number of esters is 1. The van der Waals surface area contributed by atoms with Crippen molar-refractivity contribution >= 4 is 5.97 Å². The van der Waals surface area contributed by atoms with Crippen molar-refractivity contribution in [1.82, 2.24) is 9.97 Å². The molecule has 0 aliphatic rings. The fourth-order valence-corrected chi connectivity index (χ4v) is 4.38. The van der Waals surface area contributed by atoms with Gasteiger partial charge in [-0.05, 0) is 49.4 Å². The Hall–Kier alpha value is -3.21. The minimum Gasteiger partial charge on any atom is -0.479 e. The van der Waals surface area contributed by atoms with E-state index >= 15 is 0 Å². The summed E-state index contributed by atoms with van der Waals surface area (Å²) in [5, 5.41) is 0. The Morgan fingerprint density at radius 1 is 0.711 bits per heavy atom. The minimum atomic E-state index is -0.647. The topological polar surface area (TPSA) is 61.3 Å².